The summed E-state index contributed by atoms with van der Waals surface area (Å²) in [6, 6.07) is 1.85. The van der Waals surface area contributed by atoms with E-state index in [9.17, 15) is 5.11 Å². The van der Waals surface area contributed by atoms with Gasteiger partial charge in [0.1, 0.15) is 17.6 Å². The molecule has 4 nitrogen and oxygen atoms in total. The molecular weight excluding hydrogens is 272 g/mol. The number of aliphatic hydroxyl groups excluding tert-OH is 1. The van der Waals surface area contributed by atoms with Gasteiger partial charge >= 0.3 is 0 Å². The topological polar surface area (TPSA) is 51.2 Å². The van der Waals surface area contributed by atoms with Gasteiger partial charge in [0, 0.05) is 12.6 Å². The van der Waals surface area contributed by atoms with Crippen LogP contribution in [0.4, 0.5) is 0 Å². The summed E-state index contributed by atoms with van der Waals surface area (Å²) in [6.07, 6.45) is 0.945. The molecule has 0 fully saturated rings. The molecule has 0 aliphatic heterocycles. The van der Waals surface area contributed by atoms with E-state index in [2.05, 4.69) is 21.0 Å². The van der Waals surface area contributed by atoms with Crippen LogP contribution >= 0.6 is 15.9 Å². The van der Waals surface area contributed by atoms with Gasteiger partial charge in [0.05, 0.1) is 16.4 Å². The molecule has 0 saturated heterocycles. The quantitative estimate of drug-likeness (QED) is 0.922. The number of furan rings is 1. The second-order valence-electron chi connectivity index (χ2n) is 3.77. The Morgan fingerprint density at radius 1 is 1.50 bits per heavy atom. The zero-order valence-electron chi connectivity index (χ0n) is 9.36. The molecule has 0 spiro atoms. The smallest absolute Gasteiger partial charge is 0.125 e. The SMILES string of the molecule is Cc1cc(C(O)c2c(Br)cnn2C)c(C)o1. The van der Waals surface area contributed by atoms with Crippen molar-refractivity contribution < 1.29 is 9.52 Å². The first kappa shape index (κ1) is 11.4. The van der Waals surface area contributed by atoms with E-state index in [1.165, 1.54) is 0 Å². The molecule has 0 aliphatic rings. The predicted molar refractivity (Wildman–Crippen MR) is 63.2 cm³/mol. The molecule has 5 heteroatoms. The highest BCUT2D eigenvalue weighted by Gasteiger charge is 2.21. The van der Waals surface area contributed by atoms with E-state index >= 15 is 0 Å². The van der Waals surface area contributed by atoms with Crippen LogP contribution in [0.1, 0.15) is 28.9 Å². The van der Waals surface area contributed by atoms with Crippen molar-refractivity contribution in [3.8, 4) is 0 Å². The van der Waals surface area contributed by atoms with Crippen molar-refractivity contribution in [2.24, 2.45) is 7.05 Å². The first-order chi connectivity index (χ1) is 7.50. The largest absolute Gasteiger partial charge is 0.466 e. The minimum Gasteiger partial charge on any atom is -0.466 e. The summed E-state index contributed by atoms with van der Waals surface area (Å²) in [6.45, 7) is 3.71. The van der Waals surface area contributed by atoms with E-state index in [0.29, 0.717) is 0 Å². The predicted octanol–water partition coefficient (Wildman–Crippen LogP) is 2.47. The fourth-order valence-corrected chi connectivity index (χ4v) is 2.36. The Bertz CT molecular complexity index is 497. The maximum absolute atomic E-state index is 10.3. The van der Waals surface area contributed by atoms with Gasteiger partial charge in [0.25, 0.3) is 0 Å². The Balaban J connectivity index is 2.46. The number of aromatic nitrogens is 2. The average molecular weight is 285 g/mol. The van der Waals surface area contributed by atoms with Crippen molar-refractivity contribution in [3.63, 3.8) is 0 Å². The lowest BCUT2D eigenvalue weighted by Crippen LogP contribution is -2.07. The molecule has 1 N–H and O–H groups in total. The second-order valence-corrected chi connectivity index (χ2v) is 4.63. The van der Waals surface area contributed by atoms with Gasteiger partial charge in [-0.1, -0.05) is 0 Å². The highest BCUT2D eigenvalue weighted by Crippen LogP contribution is 2.31. The Morgan fingerprint density at radius 2 is 2.19 bits per heavy atom. The molecular formula is C11H13BrN2O2. The minimum atomic E-state index is -0.723. The number of nitrogens with zero attached hydrogens (tertiary/aromatic N) is 2. The van der Waals surface area contributed by atoms with Crippen molar-refractivity contribution in [1.82, 2.24) is 9.78 Å². The van der Waals surface area contributed by atoms with Crippen LogP contribution in [0.3, 0.4) is 0 Å². The Hall–Kier alpha value is -1.07. The number of aliphatic hydroxyl groups is 1. The third-order valence-corrected chi connectivity index (χ3v) is 3.18. The van der Waals surface area contributed by atoms with Gasteiger partial charge in [-0.25, -0.2) is 0 Å². The molecule has 86 valence electrons. The van der Waals surface area contributed by atoms with Crippen LogP contribution in [-0.2, 0) is 7.05 Å². The van der Waals surface area contributed by atoms with Crippen LogP contribution in [0.5, 0.6) is 0 Å². The molecule has 0 saturated carbocycles. The molecule has 2 heterocycles. The Labute approximate surface area is 102 Å². The van der Waals surface area contributed by atoms with Gasteiger partial charge in [-0.15, -0.1) is 0 Å². The summed E-state index contributed by atoms with van der Waals surface area (Å²) in [5.74, 6) is 1.53. The summed E-state index contributed by atoms with van der Waals surface area (Å²) >= 11 is 3.37. The molecule has 0 aromatic carbocycles. The van der Waals surface area contributed by atoms with Crippen LogP contribution in [0, 0.1) is 13.8 Å². The first-order valence-corrected chi connectivity index (χ1v) is 5.72. The Kier molecular flexibility index (Phi) is 2.90. The summed E-state index contributed by atoms with van der Waals surface area (Å²) in [7, 11) is 1.80. The molecule has 2 rings (SSSR count). The third-order valence-electron chi connectivity index (χ3n) is 2.57. The van der Waals surface area contributed by atoms with Gasteiger partial charge in [-0.05, 0) is 35.8 Å². The van der Waals surface area contributed by atoms with Crippen LogP contribution in [0.15, 0.2) is 21.2 Å². The Morgan fingerprint density at radius 3 is 2.62 bits per heavy atom. The lowest BCUT2D eigenvalue weighted by Gasteiger charge is -2.10. The first-order valence-electron chi connectivity index (χ1n) is 4.93. The zero-order valence-corrected chi connectivity index (χ0v) is 10.9. The molecule has 0 radical (unpaired) electrons. The van der Waals surface area contributed by atoms with Crippen molar-refractivity contribution in [2.45, 2.75) is 20.0 Å². The number of aryl methyl sites for hydroxylation is 3. The molecule has 1 unspecified atom stereocenters. The molecule has 16 heavy (non-hydrogen) atoms. The van der Waals surface area contributed by atoms with Crippen molar-refractivity contribution >= 4 is 15.9 Å². The van der Waals surface area contributed by atoms with Crippen LogP contribution in [0.25, 0.3) is 0 Å². The average Bonchev–Trinajstić information content (AvgIpc) is 2.70. The molecule has 0 aliphatic carbocycles. The maximum atomic E-state index is 10.3. The molecule has 2 aromatic rings. The number of halogens is 1. The normalized spacial score (nSPS) is 13.1. The van der Waals surface area contributed by atoms with Crippen LogP contribution < -0.4 is 0 Å². The zero-order chi connectivity index (χ0) is 11.9. The summed E-state index contributed by atoms with van der Waals surface area (Å²) in [4.78, 5) is 0. The van der Waals surface area contributed by atoms with Gasteiger partial charge in [0.15, 0.2) is 0 Å². The fraction of sp³-hybridized carbons (Fsp3) is 0.364. The molecule has 0 amide bonds. The molecule has 1 atom stereocenters. The van der Waals surface area contributed by atoms with Gasteiger partial charge in [-0.3, -0.25) is 4.68 Å². The summed E-state index contributed by atoms with van der Waals surface area (Å²) in [5, 5.41) is 14.4. The highest BCUT2D eigenvalue weighted by atomic mass is 79.9. The maximum Gasteiger partial charge on any atom is 0.125 e. The van der Waals surface area contributed by atoms with E-state index in [1.807, 2.05) is 19.9 Å². The summed E-state index contributed by atoms with van der Waals surface area (Å²) in [5.41, 5.74) is 1.51. The van der Waals surface area contributed by atoms with Gasteiger partial charge in [0.2, 0.25) is 0 Å². The van der Waals surface area contributed by atoms with Gasteiger partial charge < -0.3 is 9.52 Å². The standard InChI is InChI=1S/C11H13BrN2O2/c1-6-4-8(7(2)16-6)11(15)10-9(12)5-13-14(10)3/h4-5,11,15H,1-3H3. The van der Waals surface area contributed by atoms with Gasteiger partial charge in [-0.2, -0.15) is 5.10 Å². The van der Waals surface area contributed by atoms with E-state index in [4.69, 9.17) is 4.42 Å². The van der Waals surface area contributed by atoms with E-state index in [1.54, 1.807) is 17.9 Å². The number of rotatable bonds is 2. The van der Waals surface area contributed by atoms with E-state index in [-0.39, 0.29) is 0 Å². The van der Waals surface area contributed by atoms with Crippen molar-refractivity contribution in [3.05, 3.63) is 39.5 Å². The van der Waals surface area contributed by atoms with Crippen molar-refractivity contribution in [1.29, 1.82) is 0 Å². The second kappa shape index (κ2) is 4.07. The van der Waals surface area contributed by atoms with E-state index < -0.39 is 6.10 Å². The summed E-state index contributed by atoms with van der Waals surface area (Å²) < 4.78 is 7.85. The number of hydrogen-bond acceptors (Lipinski definition) is 3. The number of hydrogen-bond donors (Lipinski definition) is 1. The fourth-order valence-electron chi connectivity index (χ4n) is 1.80. The van der Waals surface area contributed by atoms with E-state index in [0.717, 1.165) is 27.3 Å². The monoisotopic (exact) mass is 284 g/mol. The highest BCUT2D eigenvalue weighted by molar-refractivity contribution is 9.10. The minimum absolute atomic E-state index is 0.723. The molecule has 2 aromatic heterocycles. The third kappa shape index (κ3) is 1.81. The lowest BCUT2D eigenvalue weighted by atomic mass is 10.1. The van der Waals surface area contributed by atoms with Crippen LogP contribution in [0.2, 0.25) is 0 Å². The van der Waals surface area contributed by atoms with Crippen molar-refractivity contribution in [2.75, 3.05) is 0 Å². The van der Waals surface area contributed by atoms with Crippen LogP contribution in [-0.4, -0.2) is 14.9 Å². The lowest BCUT2D eigenvalue weighted by molar-refractivity contribution is 0.206. The molecule has 0 bridgehead atoms.